The Morgan fingerprint density at radius 1 is 1.24 bits per heavy atom. The maximum Gasteiger partial charge on any atom is 0.267 e. The molecule has 2 aromatic rings. The van der Waals surface area contributed by atoms with Crippen LogP contribution < -0.4 is 16.8 Å². The average molecular weight is 284 g/mol. The van der Waals surface area contributed by atoms with Gasteiger partial charge in [-0.1, -0.05) is 37.3 Å². The van der Waals surface area contributed by atoms with Crippen LogP contribution in [-0.2, 0) is 0 Å². The molecule has 0 saturated heterocycles. The SMILES string of the molecule is CC(CCNc1nc(C(N)=O)ccc1N)c1ccccc1. The summed E-state index contributed by atoms with van der Waals surface area (Å²) in [5.74, 6) is 0.376. The van der Waals surface area contributed by atoms with Gasteiger partial charge in [-0.25, -0.2) is 4.98 Å². The lowest BCUT2D eigenvalue weighted by Gasteiger charge is -2.14. The van der Waals surface area contributed by atoms with E-state index in [0.717, 1.165) is 13.0 Å². The summed E-state index contributed by atoms with van der Waals surface area (Å²) in [4.78, 5) is 15.3. The minimum Gasteiger partial charge on any atom is -0.396 e. The Bertz CT molecular complexity index is 613. The van der Waals surface area contributed by atoms with Crippen LogP contribution in [-0.4, -0.2) is 17.4 Å². The quantitative estimate of drug-likeness (QED) is 0.759. The van der Waals surface area contributed by atoms with Gasteiger partial charge in [-0.05, 0) is 30.0 Å². The van der Waals surface area contributed by atoms with E-state index in [4.69, 9.17) is 11.5 Å². The molecule has 1 heterocycles. The molecule has 1 aromatic carbocycles. The number of benzene rings is 1. The standard InChI is InChI=1S/C16H20N4O/c1-11(12-5-3-2-4-6-12)9-10-19-16-13(17)7-8-14(20-16)15(18)21/h2-8,11H,9-10,17H2,1H3,(H2,18,21)(H,19,20). The van der Waals surface area contributed by atoms with E-state index in [2.05, 4.69) is 29.4 Å². The van der Waals surface area contributed by atoms with Gasteiger partial charge in [0.2, 0.25) is 0 Å². The zero-order valence-electron chi connectivity index (χ0n) is 12.0. The second-order valence-corrected chi connectivity index (χ2v) is 5.03. The third kappa shape index (κ3) is 3.95. The molecular formula is C16H20N4O. The van der Waals surface area contributed by atoms with E-state index >= 15 is 0 Å². The van der Waals surface area contributed by atoms with Crippen molar-refractivity contribution in [3.8, 4) is 0 Å². The largest absolute Gasteiger partial charge is 0.396 e. The van der Waals surface area contributed by atoms with Crippen molar-refractivity contribution < 1.29 is 4.79 Å². The van der Waals surface area contributed by atoms with Crippen molar-refractivity contribution in [3.05, 3.63) is 53.7 Å². The van der Waals surface area contributed by atoms with Gasteiger partial charge in [0.25, 0.3) is 5.91 Å². The first kappa shape index (κ1) is 14.8. The highest BCUT2D eigenvalue weighted by atomic mass is 16.1. The van der Waals surface area contributed by atoms with Gasteiger partial charge in [-0.3, -0.25) is 4.79 Å². The summed E-state index contributed by atoms with van der Waals surface area (Å²) in [7, 11) is 0. The van der Waals surface area contributed by atoms with E-state index in [1.165, 1.54) is 11.6 Å². The summed E-state index contributed by atoms with van der Waals surface area (Å²) in [6.45, 7) is 2.89. The molecule has 1 aromatic heterocycles. The Kier molecular flexibility index (Phi) is 4.77. The van der Waals surface area contributed by atoms with Crippen molar-refractivity contribution in [2.45, 2.75) is 19.3 Å². The molecule has 2 rings (SSSR count). The lowest BCUT2D eigenvalue weighted by atomic mass is 9.98. The van der Waals surface area contributed by atoms with Crippen LogP contribution in [0.1, 0.15) is 35.3 Å². The number of aromatic nitrogens is 1. The molecule has 0 spiro atoms. The number of nitrogens with two attached hydrogens (primary N) is 2. The molecule has 1 atom stereocenters. The van der Waals surface area contributed by atoms with Gasteiger partial charge in [0.1, 0.15) is 11.5 Å². The highest BCUT2D eigenvalue weighted by Gasteiger charge is 2.08. The van der Waals surface area contributed by atoms with E-state index in [0.29, 0.717) is 17.4 Å². The Balaban J connectivity index is 1.94. The van der Waals surface area contributed by atoms with Crippen LogP contribution in [0.5, 0.6) is 0 Å². The molecule has 0 fully saturated rings. The fraction of sp³-hybridized carbons (Fsp3) is 0.250. The van der Waals surface area contributed by atoms with Crippen molar-refractivity contribution in [3.63, 3.8) is 0 Å². The number of hydrogen-bond acceptors (Lipinski definition) is 4. The number of anilines is 2. The first-order valence-corrected chi connectivity index (χ1v) is 6.93. The van der Waals surface area contributed by atoms with Crippen molar-refractivity contribution in [1.29, 1.82) is 0 Å². The van der Waals surface area contributed by atoms with Gasteiger partial charge >= 0.3 is 0 Å². The minimum absolute atomic E-state index is 0.211. The summed E-state index contributed by atoms with van der Waals surface area (Å²) < 4.78 is 0. The summed E-state index contributed by atoms with van der Waals surface area (Å²) in [6, 6.07) is 13.5. The number of nitrogen functional groups attached to an aromatic ring is 1. The Labute approximate surface area is 124 Å². The molecule has 21 heavy (non-hydrogen) atoms. The molecule has 0 radical (unpaired) electrons. The number of rotatable bonds is 6. The smallest absolute Gasteiger partial charge is 0.267 e. The highest BCUT2D eigenvalue weighted by molar-refractivity contribution is 5.91. The molecule has 5 heteroatoms. The molecule has 0 saturated carbocycles. The van der Waals surface area contributed by atoms with Crippen LogP contribution in [0.25, 0.3) is 0 Å². The van der Waals surface area contributed by atoms with Gasteiger partial charge < -0.3 is 16.8 Å². The van der Waals surface area contributed by atoms with Crippen molar-refractivity contribution in [2.75, 3.05) is 17.6 Å². The van der Waals surface area contributed by atoms with E-state index in [1.807, 2.05) is 18.2 Å². The first-order valence-electron chi connectivity index (χ1n) is 6.93. The van der Waals surface area contributed by atoms with Gasteiger partial charge in [0.15, 0.2) is 0 Å². The molecule has 0 aliphatic carbocycles. The first-order chi connectivity index (χ1) is 10.1. The van der Waals surface area contributed by atoms with E-state index in [1.54, 1.807) is 6.07 Å². The molecule has 110 valence electrons. The van der Waals surface area contributed by atoms with Crippen LogP contribution in [0.4, 0.5) is 11.5 Å². The maximum absolute atomic E-state index is 11.1. The molecule has 0 bridgehead atoms. The second-order valence-electron chi connectivity index (χ2n) is 5.03. The topological polar surface area (TPSA) is 94.0 Å². The zero-order valence-corrected chi connectivity index (χ0v) is 12.0. The molecule has 1 unspecified atom stereocenters. The monoisotopic (exact) mass is 284 g/mol. The lowest BCUT2D eigenvalue weighted by molar-refractivity contribution is 0.0996. The number of amides is 1. The second kappa shape index (κ2) is 6.74. The summed E-state index contributed by atoms with van der Waals surface area (Å²) in [5.41, 5.74) is 13.1. The Hall–Kier alpha value is -2.56. The zero-order chi connectivity index (χ0) is 15.2. The van der Waals surface area contributed by atoms with E-state index in [-0.39, 0.29) is 5.69 Å². The van der Waals surface area contributed by atoms with Gasteiger partial charge in [-0.15, -0.1) is 0 Å². The van der Waals surface area contributed by atoms with Crippen LogP contribution in [0, 0.1) is 0 Å². The Morgan fingerprint density at radius 3 is 2.62 bits per heavy atom. The average Bonchev–Trinajstić information content (AvgIpc) is 2.49. The number of hydrogen-bond donors (Lipinski definition) is 3. The van der Waals surface area contributed by atoms with Gasteiger partial charge in [0.05, 0.1) is 5.69 Å². The van der Waals surface area contributed by atoms with Gasteiger partial charge in [0, 0.05) is 6.54 Å². The molecule has 1 amide bonds. The molecule has 0 aliphatic heterocycles. The van der Waals surface area contributed by atoms with Crippen molar-refractivity contribution in [1.82, 2.24) is 4.98 Å². The minimum atomic E-state index is -0.560. The predicted octanol–water partition coefficient (Wildman–Crippen LogP) is 2.37. The van der Waals surface area contributed by atoms with Crippen molar-refractivity contribution in [2.24, 2.45) is 5.73 Å². The number of primary amides is 1. The maximum atomic E-state index is 11.1. The molecular weight excluding hydrogens is 264 g/mol. The van der Waals surface area contributed by atoms with E-state index in [9.17, 15) is 4.79 Å². The van der Waals surface area contributed by atoms with Gasteiger partial charge in [-0.2, -0.15) is 0 Å². The van der Waals surface area contributed by atoms with Crippen LogP contribution in [0.2, 0.25) is 0 Å². The number of nitrogens with zero attached hydrogens (tertiary/aromatic N) is 1. The number of carbonyl (C=O) groups excluding carboxylic acids is 1. The number of pyridine rings is 1. The highest BCUT2D eigenvalue weighted by Crippen LogP contribution is 2.20. The molecule has 0 aliphatic rings. The fourth-order valence-electron chi connectivity index (χ4n) is 2.10. The number of nitrogens with one attached hydrogen (secondary N) is 1. The van der Waals surface area contributed by atoms with Crippen LogP contribution >= 0.6 is 0 Å². The summed E-state index contributed by atoms with van der Waals surface area (Å²) in [6.07, 6.45) is 0.936. The van der Waals surface area contributed by atoms with Crippen LogP contribution in [0.3, 0.4) is 0 Å². The third-order valence-electron chi connectivity index (χ3n) is 3.42. The number of carbonyl (C=O) groups is 1. The molecule has 5 N–H and O–H groups in total. The predicted molar refractivity (Wildman–Crippen MR) is 85.1 cm³/mol. The van der Waals surface area contributed by atoms with Crippen molar-refractivity contribution >= 4 is 17.4 Å². The fourth-order valence-corrected chi connectivity index (χ4v) is 2.10. The summed E-state index contributed by atoms with van der Waals surface area (Å²) in [5, 5.41) is 3.16. The third-order valence-corrected chi connectivity index (χ3v) is 3.42. The summed E-state index contributed by atoms with van der Waals surface area (Å²) >= 11 is 0. The van der Waals surface area contributed by atoms with E-state index < -0.39 is 5.91 Å². The van der Waals surface area contributed by atoms with Crippen LogP contribution in [0.15, 0.2) is 42.5 Å². The normalized spacial score (nSPS) is 11.9. The lowest BCUT2D eigenvalue weighted by Crippen LogP contribution is -2.16. The Morgan fingerprint density at radius 2 is 1.95 bits per heavy atom. The molecule has 5 nitrogen and oxygen atoms in total.